The van der Waals surface area contributed by atoms with Crippen molar-refractivity contribution in [1.82, 2.24) is 10.2 Å². The van der Waals surface area contributed by atoms with Gasteiger partial charge in [0.2, 0.25) is 5.89 Å². The van der Waals surface area contributed by atoms with Gasteiger partial charge >= 0.3 is 5.97 Å². The molecule has 0 bridgehead atoms. The van der Waals surface area contributed by atoms with E-state index in [9.17, 15) is 9.00 Å². The number of aromatic nitrogens is 2. The summed E-state index contributed by atoms with van der Waals surface area (Å²) in [6, 6.07) is 6.53. The molecule has 0 aliphatic heterocycles. The predicted molar refractivity (Wildman–Crippen MR) is 76.1 cm³/mol. The second kappa shape index (κ2) is 6.62. The van der Waals surface area contributed by atoms with Crippen LogP contribution in [0, 0.1) is 6.92 Å². The van der Waals surface area contributed by atoms with Crippen molar-refractivity contribution >= 4 is 16.8 Å². The molecule has 0 fully saturated rings. The fourth-order valence-electron chi connectivity index (χ4n) is 1.60. The van der Waals surface area contributed by atoms with Crippen LogP contribution in [0.25, 0.3) is 0 Å². The van der Waals surface area contributed by atoms with Crippen molar-refractivity contribution in [3.63, 3.8) is 0 Å². The molecule has 2 aromatic rings. The number of aryl methyl sites for hydroxylation is 1. The summed E-state index contributed by atoms with van der Waals surface area (Å²) in [5, 5.41) is 7.41. The van der Waals surface area contributed by atoms with Gasteiger partial charge in [-0.1, -0.05) is 13.8 Å². The first-order valence-corrected chi connectivity index (χ1v) is 7.65. The van der Waals surface area contributed by atoms with E-state index in [1.807, 2.05) is 13.8 Å². The van der Waals surface area contributed by atoms with Crippen molar-refractivity contribution < 1.29 is 18.2 Å². The largest absolute Gasteiger partial charge is 0.452 e. The van der Waals surface area contributed by atoms with E-state index in [1.165, 1.54) is 0 Å². The molecule has 0 N–H and O–H groups in total. The molecule has 0 amide bonds. The quantitative estimate of drug-likeness (QED) is 0.788. The van der Waals surface area contributed by atoms with Crippen LogP contribution in [0.5, 0.6) is 0 Å². The van der Waals surface area contributed by atoms with Gasteiger partial charge in [-0.3, -0.25) is 4.21 Å². The van der Waals surface area contributed by atoms with Gasteiger partial charge in [-0.25, -0.2) is 4.79 Å². The van der Waals surface area contributed by atoms with Crippen LogP contribution < -0.4 is 0 Å². The van der Waals surface area contributed by atoms with Gasteiger partial charge in [0, 0.05) is 17.1 Å². The normalized spacial score (nSPS) is 12.4. The van der Waals surface area contributed by atoms with Crippen molar-refractivity contribution in [2.24, 2.45) is 0 Å². The smallest absolute Gasteiger partial charge is 0.338 e. The summed E-state index contributed by atoms with van der Waals surface area (Å²) in [5.41, 5.74) is 0.385. The van der Waals surface area contributed by atoms with E-state index in [2.05, 4.69) is 10.2 Å². The molecule has 1 heterocycles. The monoisotopic (exact) mass is 308 g/mol. The molecule has 7 heteroatoms. The van der Waals surface area contributed by atoms with Gasteiger partial charge in [0.25, 0.3) is 5.89 Å². The highest BCUT2D eigenvalue weighted by atomic mass is 32.2. The summed E-state index contributed by atoms with van der Waals surface area (Å²) in [5.74, 6) is 0.174. The molecule has 21 heavy (non-hydrogen) atoms. The minimum atomic E-state index is -1.07. The highest BCUT2D eigenvalue weighted by Crippen LogP contribution is 2.13. The van der Waals surface area contributed by atoms with Crippen LogP contribution in [0.3, 0.4) is 0 Å². The molecule has 0 saturated heterocycles. The summed E-state index contributed by atoms with van der Waals surface area (Å²) in [4.78, 5) is 12.5. The molecule has 1 aromatic heterocycles. The number of benzene rings is 1. The zero-order valence-corrected chi connectivity index (χ0v) is 12.8. The maximum atomic E-state index is 11.9. The lowest BCUT2D eigenvalue weighted by molar-refractivity contribution is 0.0436. The van der Waals surface area contributed by atoms with Gasteiger partial charge in [-0.2, -0.15) is 0 Å². The lowest BCUT2D eigenvalue weighted by Crippen LogP contribution is -2.08. The molecule has 2 rings (SSSR count). The lowest BCUT2D eigenvalue weighted by Gasteiger charge is -2.06. The summed E-state index contributed by atoms with van der Waals surface area (Å²) in [6.07, 6.45) is 0. The molecule has 112 valence electrons. The Morgan fingerprint density at radius 2 is 1.95 bits per heavy atom. The van der Waals surface area contributed by atoms with Crippen LogP contribution in [0.4, 0.5) is 0 Å². The Labute approximate surface area is 125 Å². The summed E-state index contributed by atoms with van der Waals surface area (Å²) < 4.78 is 22.1. The van der Waals surface area contributed by atoms with E-state index >= 15 is 0 Å². The Balaban J connectivity index is 1.98. The molecule has 0 saturated carbocycles. The van der Waals surface area contributed by atoms with Crippen LogP contribution in [0.15, 0.2) is 33.6 Å². The number of carbonyl (C=O) groups excluding carboxylic acids is 1. The van der Waals surface area contributed by atoms with E-state index < -0.39 is 16.8 Å². The highest BCUT2D eigenvalue weighted by molar-refractivity contribution is 7.85. The molecular weight excluding hydrogens is 292 g/mol. The number of esters is 1. The Kier molecular flexibility index (Phi) is 4.85. The van der Waals surface area contributed by atoms with Gasteiger partial charge in [-0.15, -0.1) is 10.2 Å². The van der Waals surface area contributed by atoms with Gasteiger partial charge in [0.05, 0.1) is 16.4 Å². The Hall–Kier alpha value is -2.02. The Morgan fingerprint density at radius 3 is 2.48 bits per heavy atom. The van der Waals surface area contributed by atoms with E-state index in [0.717, 1.165) is 0 Å². The molecule has 1 aromatic carbocycles. The number of hydrogen-bond acceptors (Lipinski definition) is 6. The topological polar surface area (TPSA) is 82.3 Å². The molecule has 0 radical (unpaired) electrons. The zero-order chi connectivity index (χ0) is 15.4. The maximum Gasteiger partial charge on any atom is 0.338 e. The molecule has 0 aliphatic carbocycles. The maximum absolute atomic E-state index is 11.9. The number of rotatable bonds is 5. The zero-order valence-electron chi connectivity index (χ0n) is 12.0. The van der Waals surface area contributed by atoms with Crippen molar-refractivity contribution in [3.8, 4) is 0 Å². The van der Waals surface area contributed by atoms with Crippen LogP contribution in [0.2, 0.25) is 0 Å². The first-order valence-electron chi connectivity index (χ1n) is 6.44. The molecule has 0 spiro atoms. The van der Waals surface area contributed by atoms with Crippen LogP contribution in [-0.4, -0.2) is 25.6 Å². The first kappa shape index (κ1) is 15.4. The van der Waals surface area contributed by atoms with Crippen molar-refractivity contribution in [3.05, 3.63) is 41.6 Å². The molecule has 0 unspecified atom stereocenters. The third kappa shape index (κ3) is 3.98. The highest BCUT2D eigenvalue weighted by Gasteiger charge is 2.12. The molecule has 6 nitrogen and oxygen atoms in total. The number of nitrogens with zero attached hydrogens (tertiary/aromatic N) is 2. The lowest BCUT2D eigenvalue weighted by atomic mass is 10.2. The van der Waals surface area contributed by atoms with Gasteiger partial charge in [0.15, 0.2) is 6.61 Å². The Bertz CT molecular complexity index is 649. The summed E-state index contributed by atoms with van der Waals surface area (Å²) in [6.45, 7) is 5.35. The van der Waals surface area contributed by atoms with Crippen LogP contribution in [-0.2, 0) is 22.1 Å². The van der Waals surface area contributed by atoms with E-state index in [0.29, 0.717) is 16.3 Å². The SMILES string of the molecule is Cc1nnc(COC(=O)c2ccc([S@@](=O)C(C)C)cc2)o1. The first-order chi connectivity index (χ1) is 9.97. The summed E-state index contributed by atoms with van der Waals surface area (Å²) in [7, 11) is -1.07. The molecule has 0 aliphatic rings. The average molecular weight is 308 g/mol. The minimum absolute atomic E-state index is 0.0311. The average Bonchev–Trinajstić information content (AvgIpc) is 2.89. The third-order valence-electron chi connectivity index (χ3n) is 2.65. The predicted octanol–water partition coefficient (Wildman–Crippen LogP) is 2.25. The third-order valence-corrected chi connectivity index (χ3v) is 4.24. The van der Waals surface area contributed by atoms with Crippen LogP contribution in [0.1, 0.15) is 36.0 Å². The number of carbonyl (C=O) groups is 1. The van der Waals surface area contributed by atoms with E-state index in [-0.39, 0.29) is 17.7 Å². The molecular formula is C14H16N2O4S. The summed E-state index contributed by atoms with van der Waals surface area (Å²) >= 11 is 0. The Morgan fingerprint density at radius 1 is 1.29 bits per heavy atom. The van der Waals surface area contributed by atoms with Crippen molar-refractivity contribution in [2.45, 2.75) is 37.5 Å². The van der Waals surface area contributed by atoms with Gasteiger partial charge < -0.3 is 9.15 Å². The van der Waals surface area contributed by atoms with Crippen molar-refractivity contribution in [2.75, 3.05) is 0 Å². The van der Waals surface area contributed by atoms with E-state index in [1.54, 1.807) is 31.2 Å². The van der Waals surface area contributed by atoms with Gasteiger partial charge in [-0.05, 0) is 24.3 Å². The van der Waals surface area contributed by atoms with E-state index in [4.69, 9.17) is 9.15 Å². The molecule has 1 atom stereocenters. The fraction of sp³-hybridized carbons (Fsp3) is 0.357. The van der Waals surface area contributed by atoms with Crippen LogP contribution >= 0.6 is 0 Å². The second-order valence-electron chi connectivity index (χ2n) is 4.66. The van der Waals surface area contributed by atoms with Crippen molar-refractivity contribution in [1.29, 1.82) is 0 Å². The minimum Gasteiger partial charge on any atom is -0.452 e. The number of hydrogen-bond donors (Lipinski definition) is 0. The standard InChI is InChI=1S/C14H16N2O4S/c1-9(2)21(18)12-6-4-11(5-7-12)14(17)19-8-13-16-15-10(3)20-13/h4-7,9H,8H2,1-3H3/t21-/m0/s1. The fourth-order valence-corrected chi connectivity index (χ4v) is 2.55. The number of ether oxygens (including phenoxy) is 1. The van der Waals surface area contributed by atoms with Gasteiger partial charge in [0.1, 0.15) is 0 Å². The second-order valence-corrected chi connectivity index (χ2v) is 6.67.